The third kappa shape index (κ3) is 11.8. The lowest BCUT2D eigenvalue weighted by atomic mass is 10.5. The van der Waals surface area contributed by atoms with Crippen molar-refractivity contribution < 1.29 is 19.7 Å². The van der Waals surface area contributed by atoms with Gasteiger partial charge in [-0.15, -0.1) is 0 Å². The number of nitrogens with one attached hydrogen (secondary N) is 1. The summed E-state index contributed by atoms with van der Waals surface area (Å²) in [6.07, 6.45) is 0. The second kappa shape index (κ2) is 11.8. The van der Waals surface area contributed by atoms with E-state index < -0.39 is 0 Å². The van der Waals surface area contributed by atoms with Crippen LogP contribution in [-0.4, -0.2) is 62.9 Å². The normalized spacial score (nSPS) is 16.2. The fourth-order valence-electron chi connectivity index (χ4n) is 0.747. The molecule has 0 aromatic rings. The zero-order chi connectivity index (χ0) is 9.78. The van der Waals surface area contributed by atoms with Crippen molar-refractivity contribution in [1.29, 1.82) is 0 Å². The van der Waals surface area contributed by atoms with Gasteiger partial charge in [-0.1, -0.05) is 0 Å². The van der Waals surface area contributed by atoms with Crippen LogP contribution in [0.25, 0.3) is 0 Å². The lowest BCUT2D eigenvalue weighted by Gasteiger charge is -2.10. The molecule has 1 heterocycles. The fraction of sp³-hybridized carbons (Fsp3) is 1.00. The van der Waals surface area contributed by atoms with E-state index in [4.69, 9.17) is 14.9 Å². The molecule has 0 saturated carbocycles. The Morgan fingerprint density at radius 2 is 1.62 bits per heavy atom. The van der Waals surface area contributed by atoms with Gasteiger partial charge in [0.25, 0.3) is 0 Å². The largest absolute Gasteiger partial charge is 0.394 e. The summed E-state index contributed by atoms with van der Waals surface area (Å²) >= 11 is 0. The Morgan fingerprint density at radius 3 is 1.85 bits per heavy atom. The van der Waals surface area contributed by atoms with Gasteiger partial charge in [0.2, 0.25) is 0 Å². The lowest BCUT2D eigenvalue weighted by molar-refractivity contribution is 0.0650. The molecular formula is C8H19NO4. The van der Waals surface area contributed by atoms with E-state index in [1.54, 1.807) is 0 Å². The van der Waals surface area contributed by atoms with Gasteiger partial charge < -0.3 is 25.0 Å². The summed E-state index contributed by atoms with van der Waals surface area (Å²) in [5, 5.41) is 19.3. The second-order valence-electron chi connectivity index (χ2n) is 2.42. The highest BCUT2D eigenvalue weighted by atomic mass is 16.5. The van der Waals surface area contributed by atoms with Crippen LogP contribution in [-0.2, 0) is 9.47 Å². The summed E-state index contributed by atoms with van der Waals surface area (Å²) in [5.74, 6) is 0. The van der Waals surface area contributed by atoms with Crippen LogP contribution in [0.2, 0.25) is 0 Å². The van der Waals surface area contributed by atoms with Crippen molar-refractivity contribution in [2.75, 3.05) is 52.7 Å². The van der Waals surface area contributed by atoms with Crippen LogP contribution in [0, 0.1) is 0 Å². The van der Waals surface area contributed by atoms with Gasteiger partial charge in [0.15, 0.2) is 0 Å². The van der Waals surface area contributed by atoms with Gasteiger partial charge >= 0.3 is 0 Å². The Morgan fingerprint density at radius 1 is 1.08 bits per heavy atom. The monoisotopic (exact) mass is 193 g/mol. The molecule has 0 aromatic carbocycles. The second-order valence-corrected chi connectivity index (χ2v) is 2.42. The minimum absolute atomic E-state index is 0.0278. The lowest BCUT2D eigenvalue weighted by Crippen LogP contribution is -2.30. The van der Waals surface area contributed by atoms with Crippen molar-refractivity contribution in [3.8, 4) is 0 Å². The number of rotatable bonds is 4. The van der Waals surface area contributed by atoms with E-state index >= 15 is 0 Å². The molecule has 0 spiro atoms. The molecule has 1 fully saturated rings. The summed E-state index contributed by atoms with van der Waals surface area (Å²) in [5.41, 5.74) is 0. The zero-order valence-electron chi connectivity index (χ0n) is 7.87. The molecule has 0 atom stereocenters. The molecule has 0 radical (unpaired) electrons. The molecule has 0 amide bonds. The Balaban J connectivity index is 0.000000223. The number of hydrogen-bond acceptors (Lipinski definition) is 5. The molecule has 0 aliphatic carbocycles. The summed E-state index contributed by atoms with van der Waals surface area (Å²) in [6, 6.07) is 0. The van der Waals surface area contributed by atoms with Gasteiger partial charge in [-0.05, 0) is 0 Å². The predicted octanol–water partition coefficient (Wildman–Crippen LogP) is -1.41. The van der Waals surface area contributed by atoms with Crippen molar-refractivity contribution in [2.24, 2.45) is 0 Å². The Labute approximate surface area is 78.7 Å². The van der Waals surface area contributed by atoms with E-state index in [9.17, 15) is 0 Å². The van der Waals surface area contributed by atoms with Gasteiger partial charge in [-0.2, -0.15) is 0 Å². The molecule has 1 aliphatic rings. The number of hydrogen-bond donors (Lipinski definition) is 3. The fourth-order valence-corrected chi connectivity index (χ4v) is 0.747. The van der Waals surface area contributed by atoms with E-state index in [-0.39, 0.29) is 13.2 Å². The standard InChI is InChI=1S/C4H9NO.C4H10O3/c1-3-6-4-2-5-1;5-1-3-7-4-2-6/h5H,1-4H2;5-6H,1-4H2. The van der Waals surface area contributed by atoms with E-state index in [0.717, 1.165) is 26.3 Å². The van der Waals surface area contributed by atoms with Crippen molar-refractivity contribution in [2.45, 2.75) is 0 Å². The highest BCUT2D eigenvalue weighted by Crippen LogP contribution is 1.76. The highest BCUT2D eigenvalue weighted by molar-refractivity contribution is 4.49. The third-order valence-corrected chi connectivity index (χ3v) is 1.32. The molecule has 1 aliphatic heterocycles. The van der Waals surface area contributed by atoms with Gasteiger partial charge in [0, 0.05) is 13.1 Å². The Hall–Kier alpha value is -0.200. The molecule has 0 bridgehead atoms. The molecule has 1 saturated heterocycles. The molecule has 1 rings (SSSR count). The average molecular weight is 193 g/mol. The summed E-state index contributed by atoms with van der Waals surface area (Å²) in [7, 11) is 0. The number of ether oxygens (including phenoxy) is 2. The summed E-state index contributed by atoms with van der Waals surface area (Å²) in [4.78, 5) is 0. The average Bonchev–Trinajstić information content (AvgIpc) is 2.22. The van der Waals surface area contributed by atoms with Gasteiger partial charge in [-0.25, -0.2) is 0 Å². The maximum absolute atomic E-state index is 8.09. The smallest absolute Gasteiger partial charge is 0.0698 e. The van der Waals surface area contributed by atoms with Gasteiger partial charge in [0.05, 0.1) is 39.6 Å². The maximum atomic E-state index is 8.09. The molecule has 5 heteroatoms. The number of morpholine rings is 1. The first kappa shape index (κ1) is 12.8. The third-order valence-electron chi connectivity index (χ3n) is 1.32. The van der Waals surface area contributed by atoms with E-state index in [2.05, 4.69) is 10.1 Å². The van der Waals surface area contributed by atoms with Gasteiger partial charge in [-0.3, -0.25) is 0 Å². The zero-order valence-corrected chi connectivity index (χ0v) is 7.87. The van der Waals surface area contributed by atoms with Crippen LogP contribution in [0.3, 0.4) is 0 Å². The molecular weight excluding hydrogens is 174 g/mol. The molecule has 80 valence electrons. The summed E-state index contributed by atoms with van der Waals surface area (Å²) < 4.78 is 9.64. The van der Waals surface area contributed by atoms with Crippen molar-refractivity contribution in [3.05, 3.63) is 0 Å². The van der Waals surface area contributed by atoms with Crippen LogP contribution in [0.15, 0.2) is 0 Å². The summed E-state index contributed by atoms with van der Waals surface area (Å²) in [6.45, 7) is 4.53. The van der Waals surface area contributed by atoms with E-state index in [1.807, 2.05) is 0 Å². The molecule has 0 unspecified atom stereocenters. The SMILES string of the molecule is C1COCCN1.OCCOCCO. The van der Waals surface area contributed by atoms with E-state index in [1.165, 1.54) is 0 Å². The maximum Gasteiger partial charge on any atom is 0.0698 e. The highest BCUT2D eigenvalue weighted by Gasteiger charge is 1.92. The van der Waals surface area contributed by atoms with Crippen LogP contribution in [0.1, 0.15) is 0 Å². The minimum Gasteiger partial charge on any atom is -0.394 e. The van der Waals surface area contributed by atoms with E-state index in [0.29, 0.717) is 13.2 Å². The van der Waals surface area contributed by atoms with Gasteiger partial charge in [0.1, 0.15) is 0 Å². The first-order valence-corrected chi connectivity index (χ1v) is 4.49. The van der Waals surface area contributed by atoms with Crippen LogP contribution in [0.4, 0.5) is 0 Å². The predicted molar refractivity (Wildman–Crippen MR) is 48.7 cm³/mol. The van der Waals surface area contributed by atoms with Crippen LogP contribution < -0.4 is 5.32 Å². The molecule has 3 N–H and O–H groups in total. The number of aliphatic hydroxyl groups is 2. The van der Waals surface area contributed by atoms with Crippen molar-refractivity contribution >= 4 is 0 Å². The topological polar surface area (TPSA) is 71.0 Å². The van der Waals surface area contributed by atoms with Crippen LogP contribution >= 0.6 is 0 Å². The Kier molecular flexibility index (Phi) is 11.6. The first-order valence-electron chi connectivity index (χ1n) is 4.49. The molecule has 5 nitrogen and oxygen atoms in total. The Bertz CT molecular complexity index is 72.7. The minimum atomic E-state index is 0.0278. The number of aliphatic hydroxyl groups excluding tert-OH is 2. The molecule has 13 heavy (non-hydrogen) atoms. The first-order chi connectivity index (χ1) is 6.41. The van der Waals surface area contributed by atoms with Crippen molar-refractivity contribution in [3.63, 3.8) is 0 Å². The molecule has 0 aromatic heterocycles. The van der Waals surface area contributed by atoms with Crippen molar-refractivity contribution in [1.82, 2.24) is 5.32 Å². The van der Waals surface area contributed by atoms with Crippen LogP contribution in [0.5, 0.6) is 0 Å². The quantitative estimate of drug-likeness (QED) is 0.479.